The Bertz CT molecular complexity index is 452. The van der Waals surface area contributed by atoms with Crippen molar-refractivity contribution < 1.29 is 9.84 Å². The van der Waals surface area contributed by atoms with Gasteiger partial charge in [-0.25, -0.2) is 0 Å². The van der Waals surface area contributed by atoms with Gasteiger partial charge in [0.2, 0.25) is 0 Å². The molecule has 19 heavy (non-hydrogen) atoms. The monoisotopic (exact) mass is 262 g/mol. The van der Waals surface area contributed by atoms with Gasteiger partial charge in [0.15, 0.2) is 0 Å². The summed E-state index contributed by atoms with van der Waals surface area (Å²) in [6.45, 7) is 5.88. The first-order chi connectivity index (χ1) is 9.22. The van der Waals surface area contributed by atoms with Crippen molar-refractivity contribution in [2.75, 3.05) is 26.2 Å². The molecule has 0 aliphatic carbocycles. The number of aliphatic hydroxyl groups is 1. The van der Waals surface area contributed by atoms with E-state index in [4.69, 9.17) is 4.74 Å². The van der Waals surface area contributed by atoms with Crippen molar-refractivity contribution in [2.45, 2.75) is 31.8 Å². The van der Waals surface area contributed by atoms with Crippen molar-refractivity contribution in [3.8, 4) is 5.75 Å². The van der Waals surface area contributed by atoms with E-state index in [2.05, 4.69) is 16.8 Å². The molecule has 4 nitrogen and oxygen atoms in total. The van der Waals surface area contributed by atoms with Gasteiger partial charge in [0, 0.05) is 30.8 Å². The Hall–Kier alpha value is -1.13. The van der Waals surface area contributed by atoms with E-state index in [1.165, 1.54) is 0 Å². The number of rotatable bonds is 4. The molecule has 3 unspecified atom stereocenters. The van der Waals surface area contributed by atoms with Crippen LogP contribution < -0.4 is 4.74 Å². The van der Waals surface area contributed by atoms with E-state index < -0.39 is 5.60 Å². The minimum absolute atomic E-state index is 0.337. The van der Waals surface area contributed by atoms with Crippen LogP contribution in [-0.2, 0) is 5.60 Å². The highest BCUT2D eigenvalue weighted by Crippen LogP contribution is 2.43. The van der Waals surface area contributed by atoms with Crippen molar-refractivity contribution in [3.05, 3.63) is 24.0 Å². The van der Waals surface area contributed by atoms with E-state index in [9.17, 15) is 5.11 Å². The van der Waals surface area contributed by atoms with Crippen LogP contribution in [0, 0.1) is 5.92 Å². The van der Waals surface area contributed by atoms with Gasteiger partial charge in [-0.15, -0.1) is 0 Å². The molecule has 4 heteroatoms. The van der Waals surface area contributed by atoms with E-state index in [1.54, 1.807) is 12.4 Å². The summed E-state index contributed by atoms with van der Waals surface area (Å²) in [5, 5.41) is 11.1. The lowest BCUT2D eigenvalue weighted by atomic mass is 9.77. The molecule has 2 aliphatic heterocycles. The van der Waals surface area contributed by atoms with Gasteiger partial charge in [-0.3, -0.25) is 4.98 Å². The van der Waals surface area contributed by atoms with Crippen molar-refractivity contribution in [3.63, 3.8) is 0 Å². The summed E-state index contributed by atoms with van der Waals surface area (Å²) in [7, 11) is 0. The molecule has 2 saturated heterocycles. The van der Waals surface area contributed by atoms with E-state index >= 15 is 0 Å². The topological polar surface area (TPSA) is 45.6 Å². The number of nitrogens with zero attached hydrogens (tertiary/aromatic N) is 2. The van der Waals surface area contributed by atoms with Crippen molar-refractivity contribution in [2.24, 2.45) is 5.92 Å². The number of piperidine rings is 1. The molecular weight excluding hydrogens is 240 g/mol. The van der Waals surface area contributed by atoms with E-state index in [1.807, 2.05) is 6.07 Å². The fourth-order valence-corrected chi connectivity index (χ4v) is 3.29. The third-order valence-corrected chi connectivity index (χ3v) is 4.44. The molecule has 0 radical (unpaired) electrons. The Labute approximate surface area is 114 Å². The van der Waals surface area contributed by atoms with Crippen molar-refractivity contribution in [1.82, 2.24) is 9.88 Å². The average molecular weight is 262 g/mol. The molecule has 0 spiro atoms. The van der Waals surface area contributed by atoms with Crippen molar-refractivity contribution in [1.29, 1.82) is 0 Å². The second-order valence-corrected chi connectivity index (χ2v) is 5.72. The van der Waals surface area contributed by atoms with E-state index in [0.29, 0.717) is 12.5 Å². The number of ether oxygens (including phenoxy) is 1. The first-order valence-electron chi connectivity index (χ1n) is 7.25. The lowest BCUT2D eigenvalue weighted by molar-refractivity contribution is -0.0506. The molecule has 0 saturated carbocycles. The Morgan fingerprint density at radius 2 is 2.37 bits per heavy atom. The van der Waals surface area contributed by atoms with Gasteiger partial charge in [-0.05, 0) is 31.9 Å². The SMILES string of the molecule is CCCOc1cncc(C2(O)CCN3CCC2C3)c1. The summed E-state index contributed by atoms with van der Waals surface area (Å²) < 4.78 is 5.63. The van der Waals surface area contributed by atoms with Gasteiger partial charge in [0.25, 0.3) is 0 Å². The Balaban J connectivity index is 1.84. The highest BCUT2D eigenvalue weighted by Gasteiger charge is 2.46. The summed E-state index contributed by atoms with van der Waals surface area (Å²) in [5.41, 5.74) is 0.207. The smallest absolute Gasteiger partial charge is 0.137 e. The van der Waals surface area contributed by atoms with Crippen LogP contribution in [0.2, 0.25) is 0 Å². The molecule has 0 amide bonds. The lowest BCUT2D eigenvalue weighted by Gasteiger charge is -2.39. The van der Waals surface area contributed by atoms with Crippen LogP contribution in [0.4, 0.5) is 0 Å². The first kappa shape index (κ1) is 12.9. The molecular formula is C15H22N2O2. The first-order valence-corrected chi connectivity index (χ1v) is 7.25. The van der Waals surface area contributed by atoms with E-state index in [-0.39, 0.29) is 0 Å². The summed E-state index contributed by atoms with van der Waals surface area (Å²) >= 11 is 0. The predicted octanol–water partition coefficient (Wildman–Crippen LogP) is 1.78. The standard InChI is InChI=1S/C15H22N2O2/c1-2-7-19-14-8-13(9-16-10-14)15(18)4-6-17-5-3-12(15)11-17/h8-10,12,18H,2-7,11H2,1H3. The van der Waals surface area contributed by atoms with Gasteiger partial charge in [-0.1, -0.05) is 6.92 Å². The predicted molar refractivity (Wildman–Crippen MR) is 73.1 cm³/mol. The number of hydrogen-bond acceptors (Lipinski definition) is 4. The molecule has 2 bridgehead atoms. The molecule has 3 heterocycles. The van der Waals surface area contributed by atoms with Crippen LogP contribution in [0.15, 0.2) is 18.5 Å². The van der Waals surface area contributed by atoms with Gasteiger partial charge in [-0.2, -0.15) is 0 Å². The van der Waals surface area contributed by atoms with Gasteiger partial charge < -0.3 is 14.7 Å². The molecule has 1 aromatic rings. The molecule has 3 rings (SSSR count). The van der Waals surface area contributed by atoms with Crippen LogP contribution in [0.3, 0.4) is 0 Å². The summed E-state index contributed by atoms with van der Waals surface area (Å²) in [4.78, 5) is 6.68. The largest absolute Gasteiger partial charge is 0.492 e. The van der Waals surface area contributed by atoms with Gasteiger partial charge >= 0.3 is 0 Å². The number of aromatic nitrogens is 1. The van der Waals surface area contributed by atoms with Crippen LogP contribution in [-0.4, -0.2) is 41.2 Å². The maximum Gasteiger partial charge on any atom is 0.137 e. The van der Waals surface area contributed by atoms with Crippen LogP contribution in [0.25, 0.3) is 0 Å². The highest BCUT2D eigenvalue weighted by atomic mass is 16.5. The molecule has 3 atom stereocenters. The molecule has 2 fully saturated rings. The van der Waals surface area contributed by atoms with Gasteiger partial charge in [0.1, 0.15) is 5.75 Å². The quantitative estimate of drug-likeness (QED) is 0.898. The van der Waals surface area contributed by atoms with Gasteiger partial charge in [0.05, 0.1) is 18.4 Å². The summed E-state index contributed by atoms with van der Waals surface area (Å²) in [6.07, 6.45) is 6.39. The maximum absolute atomic E-state index is 11.1. The Morgan fingerprint density at radius 1 is 1.47 bits per heavy atom. The van der Waals surface area contributed by atoms with Crippen LogP contribution in [0.1, 0.15) is 31.7 Å². The maximum atomic E-state index is 11.1. The third kappa shape index (κ3) is 2.35. The lowest BCUT2D eigenvalue weighted by Crippen LogP contribution is -2.44. The number of hydrogen-bond donors (Lipinski definition) is 1. The van der Waals surface area contributed by atoms with Crippen LogP contribution in [0.5, 0.6) is 5.75 Å². The highest BCUT2D eigenvalue weighted by molar-refractivity contribution is 5.30. The molecule has 0 aromatic carbocycles. The fourth-order valence-electron chi connectivity index (χ4n) is 3.29. The minimum atomic E-state index is -0.717. The summed E-state index contributed by atoms with van der Waals surface area (Å²) in [5.74, 6) is 1.11. The molecule has 1 N–H and O–H groups in total. The zero-order chi connectivity index (χ0) is 13.3. The number of pyridine rings is 1. The number of fused-ring (bicyclic) bond motifs is 2. The zero-order valence-electron chi connectivity index (χ0n) is 11.5. The Morgan fingerprint density at radius 3 is 3.21 bits per heavy atom. The second kappa shape index (κ2) is 5.10. The normalized spacial score (nSPS) is 33.4. The zero-order valence-corrected chi connectivity index (χ0v) is 11.5. The summed E-state index contributed by atoms with van der Waals surface area (Å²) in [6, 6.07) is 1.97. The van der Waals surface area contributed by atoms with Crippen molar-refractivity contribution >= 4 is 0 Å². The van der Waals surface area contributed by atoms with Crippen LogP contribution >= 0.6 is 0 Å². The Kier molecular flexibility index (Phi) is 3.46. The molecule has 2 aliphatic rings. The second-order valence-electron chi connectivity index (χ2n) is 5.72. The molecule has 1 aromatic heterocycles. The third-order valence-electron chi connectivity index (χ3n) is 4.44. The molecule has 104 valence electrons. The minimum Gasteiger partial charge on any atom is -0.492 e. The fraction of sp³-hybridized carbons (Fsp3) is 0.667. The van der Waals surface area contributed by atoms with E-state index in [0.717, 1.165) is 50.2 Å². The average Bonchev–Trinajstić information content (AvgIpc) is 2.86.